The summed E-state index contributed by atoms with van der Waals surface area (Å²) in [6, 6.07) is 2.47. The van der Waals surface area contributed by atoms with Crippen LogP contribution in [0.15, 0.2) is 30.5 Å². The number of halogens is 2. The van der Waals surface area contributed by atoms with Gasteiger partial charge in [-0.3, -0.25) is 4.90 Å². The topological polar surface area (TPSA) is 64.8 Å². The number of nitrogens with zero attached hydrogens (tertiary/aromatic N) is 4. The standard InChI is InChI=1S/C19H17ClFN5S/c20-17-8-15-18(23-11-24-19(15)27-17)25-14-3-5-26(6-4-14)10-12-1-2-16(21)13(7-12)9-22/h1-2,7-8,11,14H,3-6,10H2,(H,23,24,25)/i2D,8D,10D,14D/hD. The van der Waals surface area contributed by atoms with Crippen LogP contribution in [0.5, 0.6) is 0 Å². The first-order valence-electron chi connectivity index (χ1n) is 10.7. The lowest BCUT2D eigenvalue weighted by Gasteiger charge is -2.32. The van der Waals surface area contributed by atoms with E-state index in [0.717, 1.165) is 16.6 Å². The molecular formula is C19H17ClFN5S. The van der Waals surface area contributed by atoms with Crippen LogP contribution in [0.2, 0.25) is 5.75 Å². The Hall–Kier alpha value is -2.27. The Kier molecular flexibility index (Phi) is 3.74. The van der Waals surface area contributed by atoms with Crippen molar-refractivity contribution in [1.82, 2.24) is 14.9 Å². The fourth-order valence-electron chi connectivity index (χ4n) is 2.88. The van der Waals surface area contributed by atoms with Gasteiger partial charge >= 0.3 is 0 Å². The number of nitrogens with one attached hydrogen (secondary N) is 1. The molecule has 8 heteroatoms. The Morgan fingerprint density at radius 2 is 2.37 bits per heavy atom. The summed E-state index contributed by atoms with van der Waals surface area (Å²) in [5, 5.41) is 10.4. The number of aromatic nitrogens is 2. The van der Waals surface area contributed by atoms with Crippen LogP contribution < -0.4 is 5.31 Å². The lowest BCUT2D eigenvalue weighted by molar-refractivity contribution is 0.211. The van der Waals surface area contributed by atoms with Crippen molar-refractivity contribution in [3.05, 3.63) is 51.8 Å². The number of hydrogen-bond acceptors (Lipinski definition) is 6. The summed E-state index contributed by atoms with van der Waals surface area (Å²) < 4.78 is 55.9. The third kappa shape index (κ3) is 4.03. The molecule has 1 saturated heterocycles. The largest absolute Gasteiger partial charge is 0.367 e. The molecular weight excluding hydrogens is 385 g/mol. The molecule has 138 valence electrons. The number of likely N-dealkylation sites (tertiary alicyclic amines) is 1. The quantitative estimate of drug-likeness (QED) is 0.694. The van der Waals surface area contributed by atoms with Crippen LogP contribution in [0.25, 0.3) is 10.2 Å². The molecule has 3 heterocycles. The first-order valence-corrected chi connectivity index (χ1v) is 9.41. The van der Waals surface area contributed by atoms with Gasteiger partial charge in [0, 0.05) is 27.0 Å². The molecule has 1 aliphatic heterocycles. The monoisotopic (exact) mass is 406 g/mol. The van der Waals surface area contributed by atoms with E-state index in [4.69, 9.17) is 23.8 Å². The second-order valence-corrected chi connectivity index (χ2v) is 7.59. The molecule has 1 N–H and O–H groups in total. The lowest BCUT2D eigenvalue weighted by atomic mass is 10.0. The molecule has 0 aliphatic carbocycles. The van der Waals surface area contributed by atoms with Crippen LogP contribution in [0.3, 0.4) is 0 Å². The van der Waals surface area contributed by atoms with Gasteiger partial charge in [0.25, 0.3) is 0 Å². The molecule has 1 aromatic carbocycles. The summed E-state index contributed by atoms with van der Waals surface area (Å²) in [5.74, 6) is -0.763. The van der Waals surface area contributed by atoms with Gasteiger partial charge in [-0.05, 0) is 36.6 Å². The SMILES string of the molecule is [2H]c1cc(C([2H])N2CCC([2H])(N([2H])c3ncnc4sc(Cl)c([2H])c34)CC2)cc(C#N)c1F. The number of hydrogen-bond donors (Lipinski definition) is 1. The van der Waals surface area contributed by atoms with Crippen molar-refractivity contribution in [2.75, 3.05) is 18.4 Å². The number of anilines is 1. The fourth-order valence-corrected chi connectivity index (χ4v) is 3.86. The normalized spacial score (nSPS) is 20.7. The highest BCUT2D eigenvalue weighted by Crippen LogP contribution is 2.32. The number of rotatable bonds is 4. The van der Waals surface area contributed by atoms with Gasteiger partial charge < -0.3 is 5.31 Å². The minimum Gasteiger partial charge on any atom is -0.367 e. The molecule has 2 aromatic heterocycles. The van der Waals surface area contributed by atoms with Crippen LogP contribution in [0, 0.1) is 17.1 Å². The molecule has 0 radical (unpaired) electrons. The summed E-state index contributed by atoms with van der Waals surface area (Å²) in [6.45, 7) is -0.338. The van der Waals surface area contributed by atoms with E-state index >= 15 is 0 Å². The van der Waals surface area contributed by atoms with Crippen molar-refractivity contribution in [3.63, 3.8) is 0 Å². The van der Waals surface area contributed by atoms with E-state index in [1.807, 2.05) is 0 Å². The average Bonchev–Trinajstić information content (AvgIpc) is 3.08. The van der Waals surface area contributed by atoms with Gasteiger partial charge in [0.15, 0.2) is 1.41 Å². The molecule has 0 bridgehead atoms. The minimum atomic E-state index is -1.35. The van der Waals surface area contributed by atoms with Crippen molar-refractivity contribution in [2.45, 2.75) is 25.4 Å². The van der Waals surface area contributed by atoms with Gasteiger partial charge in [-0.2, -0.15) is 5.26 Å². The van der Waals surface area contributed by atoms with Crippen LogP contribution in [0.1, 0.15) is 29.5 Å². The van der Waals surface area contributed by atoms with Crippen molar-refractivity contribution >= 4 is 39.0 Å². The second-order valence-electron chi connectivity index (χ2n) is 5.99. The first kappa shape index (κ1) is 13.0. The highest BCUT2D eigenvalue weighted by Gasteiger charge is 2.21. The molecule has 1 atom stereocenters. The Balaban J connectivity index is 1.54. The summed E-state index contributed by atoms with van der Waals surface area (Å²) in [4.78, 5) is 10.5. The van der Waals surface area contributed by atoms with Gasteiger partial charge in [0.05, 0.1) is 19.4 Å². The molecule has 5 nitrogen and oxygen atoms in total. The summed E-state index contributed by atoms with van der Waals surface area (Å²) in [5.41, 5.74) is 0.0553. The molecule has 27 heavy (non-hydrogen) atoms. The van der Waals surface area contributed by atoms with E-state index < -0.39 is 24.4 Å². The Bertz CT molecular complexity index is 1230. The van der Waals surface area contributed by atoms with E-state index in [1.54, 1.807) is 11.0 Å². The Morgan fingerprint density at radius 3 is 3.15 bits per heavy atom. The number of piperidine rings is 1. The zero-order valence-corrected chi connectivity index (χ0v) is 15.6. The molecule has 0 amide bonds. The van der Waals surface area contributed by atoms with Gasteiger partial charge in [0.2, 0.25) is 0 Å². The maximum absolute atomic E-state index is 13.8. The minimum absolute atomic E-state index is 0.0302. The Morgan fingerprint density at radius 1 is 1.56 bits per heavy atom. The van der Waals surface area contributed by atoms with Crippen LogP contribution >= 0.6 is 22.9 Å². The maximum atomic E-state index is 13.8. The fraction of sp³-hybridized carbons (Fsp3) is 0.316. The molecule has 1 fully saturated rings. The third-order valence-corrected chi connectivity index (χ3v) is 5.32. The molecule has 3 aromatic rings. The third-order valence-electron chi connectivity index (χ3n) is 4.21. The summed E-state index contributed by atoms with van der Waals surface area (Å²) >= 11 is 7.18. The lowest BCUT2D eigenvalue weighted by Crippen LogP contribution is -2.38. The zero-order valence-electron chi connectivity index (χ0n) is 19.0. The van der Waals surface area contributed by atoms with Gasteiger partial charge in [0.1, 0.15) is 28.9 Å². The maximum Gasteiger partial charge on any atom is 0.162 e. The van der Waals surface area contributed by atoms with Gasteiger partial charge in [-0.1, -0.05) is 17.7 Å². The first-order chi connectivity index (χ1) is 15.2. The second kappa shape index (κ2) is 7.77. The highest BCUT2D eigenvalue weighted by atomic mass is 35.5. The van der Waals surface area contributed by atoms with E-state index in [1.165, 1.54) is 18.5 Å². The smallest absolute Gasteiger partial charge is 0.162 e. The highest BCUT2D eigenvalue weighted by molar-refractivity contribution is 7.22. The van der Waals surface area contributed by atoms with Crippen LogP contribution in [0.4, 0.5) is 10.2 Å². The average molecular weight is 407 g/mol. The molecule has 1 unspecified atom stereocenters. The predicted octanol–water partition coefficient (Wildman–Crippen LogP) is 4.43. The van der Waals surface area contributed by atoms with Gasteiger partial charge in [-0.15, -0.1) is 11.3 Å². The van der Waals surface area contributed by atoms with E-state index in [-0.39, 0.29) is 34.6 Å². The number of thiophene rings is 1. The molecule has 0 spiro atoms. The van der Waals surface area contributed by atoms with Crippen molar-refractivity contribution < 1.29 is 11.3 Å². The summed E-state index contributed by atoms with van der Waals surface area (Å²) in [7, 11) is 0. The molecule has 0 saturated carbocycles. The van der Waals surface area contributed by atoms with E-state index in [2.05, 4.69) is 9.97 Å². The molecule has 1 aliphatic rings. The van der Waals surface area contributed by atoms with Crippen molar-refractivity contribution in [3.8, 4) is 6.07 Å². The van der Waals surface area contributed by atoms with E-state index in [0.29, 0.717) is 28.9 Å². The summed E-state index contributed by atoms with van der Waals surface area (Å²) in [6.07, 6.45) is 1.70. The Labute approximate surface area is 172 Å². The molecule has 4 rings (SSSR count). The number of nitriles is 1. The van der Waals surface area contributed by atoms with Crippen LogP contribution in [-0.2, 0) is 6.52 Å². The zero-order chi connectivity index (χ0) is 23.2. The van der Waals surface area contributed by atoms with Crippen molar-refractivity contribution in [2.24, 2.45) is 0 Å². The van der Waals surface area contributed by atoms with E-state index in [9.17, 15) is 4.39 Å². The predicted molar refractivity (Wildman–Crippen MR) is 105 cm³/mol. The van der Waals surface area contributed by atoms with Crippen molar-refractivity contribution in [1.29, 1.82) is 5.26 Å². The number of benzene rings is 1. The van der Waals surface area contributed by atoms with Gasteiger partial charge in [-0.25, -0.2) is 14.4 Å². The number of fused-ring (bicyclic) bond motifs is 1. The van der Waals surface area contributed by atoms with Crippen LogP contribution in [-0.4, -0.2) is 34.0 Å².